The second-order valence-corrected chi connectivity index (χ2v) is 8.19. The highest BCUT2D eigenvalue weighted by atomic mass is 32.2. The third kappa shape index (κ3) is 4.79. The molecule has 0 unspecified atom stereocenters. The quantitative estimate of drug-likeness (QED) is 0.467. The molecule has 0 aliphatic heterocycles. The number of thiazole rings is 1. The van der Waals surface area contributed by atoms with Crippen LogP contribution in [0.15, 0.2) is 9.72 Å². The highest BCUT2D eigenvalue weighted by Gasteiger charge is 2.26. The molecule has 0 bridgehead atoms. The number of hydrogen-bond donors (Lipinski definition) is 2. The van der Waals surface area contributed by atoms with Crippen LogP contribution in [0.4, 0.5) is 0 Å². The molecule has 1 aromatic heterocycles. The van der Waals surface area contributed by atoms with Crippen LogP contribution < -0.4 is 9.44 Å². The molecular formula is C8H13N3O6S3. The van der Waals surface area contributed by atoms with Crippen molar-refractivity contribution in [3.63, 3.8) is 0 Å². The second kappa shape index (κ2) is 6.58. The zero-order chi connectivity index (χ0) is 15.4. The van der Waals surface area contributed by atoms with Gasteiger partial charge in [0.1, 0.15) is 0 Å². The summed E-state index contributed by atoms with van der Waals surface area (Å²) >= 11 is 0.763. The lowest BCUT2D eigenvalue weighted by Gasteiger charge is -2.06. The number of nitrogens with one attached hydrogen (secondary N) is 2. The topological polar surface area (TPSA) is 132 Å². The zero-order valence-electron chi connectivity index (χ0n) is 10.6. The standard InChI is InChI=1S/C8H13N3O6S3/c1-17-7(12)6-8(18-5-9-6)20(15,16)11-4-3-10-19(2,13)14/h5,10-11H,3-4H2,1-2H3. The van der Waals surface area contributed by atoms with Crippen LogP contribution in [0.2, 0.25) is 0 Å². The number of methoxy groups -OCH3 is 1. The first-order valence-corrected chi connectivity index (χ1v) is 9.39. The number of aromatic nitrogens is 1. The molecule has 0 spiro atoms. The second-order valence-electron chi connectivity index (χ2n) is 3.54. The first kappa shape index (κ1) is 17.0. The molecule has 20 heavy (non-hydrogen) atoms. The Hall–Kier alpha value is -1.08. The van der Waals surface area contributed by atoms with Gasteiger partial charge in [-0.3, -0.25) is 0 Å². The first-order chi connectivity index (χ1) is 9.17. The van der Waals surface area contributed by atoms with Gasteiger partial charge < -0.3 is 4.74 Å². The molecule has 0 aromatic carbocycles. The molecule has 12 heteroatoms. The molecule has 1 aromatic rings. The maximum Gasteiger partial charge on any atom is 0.358 e. The molecule has 0 fully saturated rings. The Morgan fingerprint density at radius 1 is 1.30 bits per heavy atom. The fourth-order valence-corrected chi connectivity index (χ4v) is 3.83. The van der Waals surface area contributed by atoms with Crippen molar-refractivity contribution < 1.29 is 26.4 Å². The van der Waals surface area contributed by atoms with E-state index in [4.69, 9.17) is 0 Å². The minimum atomic E-state index is -3.95. The average Bonchev–Trinajstić information content (AvgIpc) is 2.82. The monoisotopic (exact) mass is 343 g/mol. The molecule has 114 valence electrons. The Labute approximate surface area is 120 Å². The Morgan fingerprint density at radius 3 is 2.45 bits per heavy atom. The van der Waals surface area contributed by atoms with Gasteiger partial charge in [0, 0.05) is 13.1 Å². The molecule has 0 saturated carbocycles. The number of hydrogen-bond acceptors (Lipinski definition) is 8. The molecule has 0 aliphatic rings. The highest BCUT2D eigenvalue weighted by Crippen LogP contribution is 2.20. The summed E-state index contributed by atoms with van der Waals surface area (Å²) in [7, 11) is -6.23. The first-order valence-electron chi connectivity index (χ1n) is 5.13. The molecule has 0 radical (unpaired) electrons. The molecule has 0 atom stereocenters. The smallest absolute Gasteiger partial charge is 0.358 e. The predicted octanol–water partition coefficient (Wildman–Crippen LogP) is -1.24. The molecule has 9 nitrogen and oxygen atoms in total. The van der Waals surface area contributed by atoms with E-state index in [-0.39, 0.29) is 23.0 Å². The van der Waals surface area contributed by atoms with E-state index in [1.807, 2.05) is 0 Å². The van der Waals surface area contributed by atoms with Crippen LogP contribution in [0.1, 0.15) is 10.5 Å². The Bertz CT molecular complexity index is 678. The van der Waals surface area contributed by atoms with Crippen LogP contribution >= 0.6 is 11.3 Å². The van der Waals surface area contributed by atoms with Crippen LogP contribution in [0, 0.1) is 0 Å². The van der Waals surface area contributed by atoms with Gasteiger partial charge in [-0.1, -0.05) is 0 Å². The third-order valence-corrected chi connectivity index (χ3v) is 5.50. The predicted molar refractivity (Wildman–Crippen MR) is 71.5 cm³/mol. The van der Waals surface area contributed by atoms with Crippen molar-refractivity contribution >= 4 is 37.4 Å². The van der Waals surface area contributed by atoms with Crippen molar-refractivity contribution in [3.8, 4) is 0 Å². The lowest BCUT2D eigenvalue weighted by atomic mass is 10.5. The summed E-state index contributed by atoms with van der Waals surface area (Å²) in [6, 6.07) is 0. The lowest BCUT2D eigenvalue weighted by Crippen LogP contribution is -2.34. The molecule has 0 saturated heterocycles. The van der Waals surface area contributed by atoms with E-state index in [0.717, 1.165) is 24.7 Å². The number of rotatable bonds is 7. The van der Waals surface area contributed by atoms with Gasteiger partial charge in [0.05, 0.1) is 18.9 Å². The largest absolute Gasteiger partial charge is 0.464 e. The number of carbonyl (C=O) groups is 1. The fourth-order valence-electron chi connectivity index (χ4n) is 1.15. The lowest BCUT2D eigenvalue weighted by molar-refractivity contribution is 0.0590. The summed E-state index contributed by atoms with van der Waals surface area (Å²) in [4.78, 5) is 15.0. The summed E-state index contributed by atoms with van der Waals surface area (Å²) in [5, 5.41) is 0. The summed E-state index contributed by atoms with van der Waals surface area (Å²) in [6.07, 6.45) is 0.958. The van der Waals surface area contributed by atoms with Gasteiger partial charge in [-0.2, -0.15) is 0 Å². The Kier molecular flexibility index (Phi) is 5.59. The van der Waals surface area contributed by atoms with Gasteiger partial charge in [-0.15, -0.1) is 11.3 Å². The third-order valence-electron chi connectivity index (χ3n) is 1.94. The van der Waals surface area contributed by atoms with Crippen LogP contribution in [0.25, 0.3) is 0 Å². The van der Waals surface area contributed by atoms with E-state index in [1.165, 1.54) is 5.51 Å². The van der Waals surface area contributed by atoms with Crippen LogP contribution in [0.3, 0.4) is 0 Å². The fraction of sp³-hybridized carbons (Fsp3) is 0.500. The Balaban J connectivity index is 2.75. The SMILES string of the molecule is COC(=O)c1ncsc1S(=O)(=O)NCCNS(C)(=O)=O. The maximum absolute atomic E-state index is 11.9. The van der Waals surface area contributed by atoms with Gasteiger partial charge in [0.15, 0.2) is 9.90 Å². The number of sulfonamides is 2. The number of esters is 1. The van der Waals surface area contributed by atoms with Crippen molar-refractivity contribution in [2.24, 2.45) is 0 Å². The molecule has 2 N–H and O–H groups in total. The minimum absolute atomic E-state index is 0.107. The van der Waals surface area contributed by atoms with Gasteiger partial charge in [-0.05, 0) is 0 Å². The maximum atomic E-state index is 11.9. The summed E-state index contributed by atoms with van der Waals surface area (Å²) in [6.45, 7) is -0.266. The van der Waals surface area contributed by atoms with Crippen molar-refractivity contribution in [3.05, 3.63) is 11.2 Å². The summed E-state index contributed by atoms with van der Waals surface area (Å²) in [5.41, 5.74) is 0.899. The molecule has 1 rings (SSSR count). The van der Waals surface area contributed by atoms with Crippen molar-refractivity contribution in [1.29, 1.82) is 0 Å². The van der Waals surface area contributed by atoms with E-state index < -0.39 is 26.0 Å². The van der Waals surface area contributed by atoms with Crippen LogP contribution in [-0.2, 0) is 24.8 Å². The molecule has 1 heterocycles. The van der Waals surface area contributed by atoms with E-state index >= 15 is 0 Å². The van der Waals surface area contributed by atoms with Crippen LogP contribution in [-0.4, -0.2) is 54.2 Å². The normalized spacial score (nSPS) is 12.3. The van der Waals surface area contributed by atoms with Crippen molar-refractivity contribution in [2.45, 2.75) is 4.21 Å². The van der Waals surface area contributed by atoms with E-state index in [2.05, 4.69) is 19.2 Å². The summed E-state index contributed by atoms with van der Waals surface area (Å²) < 4.78 is 53.9. The van der Waals surface area contributed by atoms with Gasteiger partial charge in [0.2, 0.25) is 10.0 Å². The number of ether oxygens (including phenoxy) is 1. The summed E-state index contributed by atoms with van der Waals surface area (Å²) in [5.74, 6) is -0.860. The van der Waals surface area contributed by atoms with E-state index in [9.17, 15) is 21.6 Å². The minimum Gasteiger partial charge on any atom is -0.464 e. The van der Waals surface area contributed by atoms with Crippen molar-refractivity contribution in [2.75, 3.05) is 26.5 Å². The molecule has 0 aliphatic carbocycles. The van der Waals surface area contributed by atoms with Crippen molar-refractivity contribution in [1.82, 2.24) is 14.4 Å². The van der Waals surface area contributed by atoms with Gasteiger partial charge in [0.25, 0.3) is 10.0 Å². The number of carbonyl (C=O) groups excluding carboxylic acids is 1. The number of nitrogens with zero attached hydrogens (tertiary/aromatic N) is 1. The van der Waals surface area contributed by atoms with E-state index in [1.54, 1.807) is 0 Å². The Morgan fingerprint density at radius 2 is 1.90 bits per heavy atom. The van der Waals surface area contributed by atoms with Gasteiger partial charge in [-0.25, -0.2) is 36.1 Å². The zero-order valence-corrected chi connectivity index (χ0v) is 13.1. The molecule has 0 amide bonds. The van der Waals surface area contributed by atoms with E-state index in [0.29, 0.717) is 0 Å². The highest BCUT2D eigenvalue weighted by molar-refractivity contribution is 7.91. The van der Waals surface area contributed by atoms with Crippen LogP contribution in [0.5, 0.6) is 0 Å². The molecular weight excluding hydrogens is 330 g/mol. The average molecular weight is 343 g/mol. The van der Waals surface area contributed by atoms with Gasteiger partial charge >= 0.3 is 5.97 Å².